The summed E-state index contributed by atoms with van der Waals surface area (Å²) in [6, 6.07) is 4.38. The molecule has 1 saturated carbocycles. The molecule has 2 aromatic rings. The Balaban J connectivity index is 1.75. The smallest absolute Gasteiger partial charge is 0.254 e. The Morgan fingerprint density at radius 1 is 1.32 bits per heavy atom. The van der Waals surface area contributed by atoms with Crippen LogP contribution in [0, 0.1) is 5.92 Å². The Kier molecular flexibility index (Phi) is 6.86. The molecule has 1 unspecified atom stereocenters. The van der Waals surface area contributed by atoms with E-state index in [1.54, 1.807) is 24.4 Å². The minimum absolute atomic E-state index is 0.0141. The third kappa shape index (κ3) is 4.81. The lowest BCUT2D eigenvalue weighted by atomic mass is 9.83. The summed E-state index contributed by atoms with van der Waals surface area (Å²) in [6.07, 6.45) is 6.73. The molecule has 1 aliphatic rings. The van der Waals surface area contributed by atoms with Crippen molar-refractivity contribution in [3.63, 3.8) is 0 Å². The lowest BCUT2D eigenvalue weighted by Gasteiger charge is -2.26. The van der Waals surface area contributed by atoms with Crippen molar-refractivity contribution in [2.24, 2.45) is 5.92 Å². The first-order chi connectivity index (χ1) is 13.6. The Morgan fingerprint density at radius 2 is 2.11 bits per heavy atom. The van der Waals surface area contributed by atoms with E-state index >= 15 is 0 Å². The van der Waals surface area contributed by atoms with Gasteiger partial charge < -0.3 is 21.1 Å². The number of hydrogen-bond acceptors (Lipinski definition) is 7. The first kappa shape index (κ1) is 20.1. The van der Waals surface area contributed by atoms with Gasteiger partial charge in [-0.05, 0) is 25.0 Å². The second-order valence-corrected chi connectivity index (χ2v) is 7.80. The molecule has 0 saturated heterocycles. The summed E-state index contributed by atoms with van der Waals surface area (Å²) >= 11 is 1.45. The number of amides is 1. The second kappa shape index (κ2) is 9.54. The van der Waals surface area contributed by atoms with E-state index < -0.39 is 6.04 Å². The number of ether oxygens (including phenoxy) is 1. The van der Waals surface area contributed by atoms with Crippen LogP contribution in [0.2, 0.25) is 0 Å². The zero-order valence-electron chi connectivity index (χ0n) is 15.9. The summed E-state index contributed by atoms with van der Waals surface area (Å²) in [5.74, 6) is 0.105. The van der Waals surface area contributed by atoms with Gasteiger partial charge >= 0.3 is 0 Å². The molecule has 1 amide bonds. The number of ketones is 1. The summed E-state index contributed by atoms with van der Waals surface area (Å²) in [4.78, 5) is 30.1. The summed E-state index contributed by atoms with van der Waals surface area (Å²) in [7, 11) is 1.50. The topological polar surface area (TPSA) is 106 Å². The number of Topliss-reactive ketones (excluding diaryl/α,β-unsaturated/α-hetero) is 1. The highest BCUT2D eigenvalue weighted by atomic mass is 32.1. The lowest BCUT2D eigenvalue weighted by molar-refractivity contribution is -0.125. The molecule has 150 valence electrons. The minimum atomic E-state index is -0.648. The molecule has 0 spiro atoms. The molecule has 7 nitrogen and oxygen atoms in total. The van der Waals surface area contributed by atoms with Gasteiger partial charge in [0, 0.05) is 24.0 Å². The molecule has 1 fully saturated rings. The van der Waals surface area contributed by atoms with E-state index in [1.165, 1.54) is 24.9 Å². The van der Waals surface area contributed by atoms with Crippen molar-refractivity contribution < 1.29 is 14.3 Å². The van der Waals surface area contributed by atoms with Crippen LogP contribution in [0.1, 0.15) is 42.5 Å². The number of carbonyl (C=O) groups excluding carboxylic acids is 2. The van der Waals surface area contributed by atoms with E-state index in [0.717, 1.165) is 30.8 Å². The van der Waals surface area contributed by atoms with E-state index in [4.69, 9.17) is 10.5 Å². The Bertz CT molecular complexity index is 804. The highest BCUT2D eigenvalue weighted by Crippen LogP contribution is 2.27. The largest absolute Gasteiger partial charge is 0.495 e. The van der Waals surface area contributed by atoms with Crippen molar-refractivity contribution in [2.75, 3.05) is 24.7 Å². The molecule has 0 aliphatic heterocycles. The lowest BCUT2D eigenvalue weighted by Crippen LogP contribution is -2.48. The van der Waals surface area contributed by atoms with Crippen LogP contribution >= 0.6 is 11.3 Å². The van der Waals surface area contributed by atoms with E-state index in [2.05, 4.69) is 15.6 Å². The number of methoxy groups -OCH3 is 1. The number of nitrogens with two attached hydrogens (primary N) is 1. The van der Waals surface area contributed by atoms with Crippen LogP contribution in [-0.4, -0.2) is 36.4 Å². The molecular weight excluding hydrogens is 376 g/mol. The van der Waals surface area contributed by atoms with E-state index in [9.17, 15) is 9.59 Å². The number of thiazole rings is 1. The third-order valence-corrected chi connectivity index (χ3v) is 5.81. The highest BCUT2D eigenvalue weighted by Gasteiger charge is 2.30. The van der Waals surface area contributed by atoms with Crippen LogP contribution in [0.4, 0.5) is 10.8 Å². The van der Waals surface area contributed by atoms with Crippen molar-refractivity contribution >= 4 is 33.8 Å². The number of benzene rings is 1. The fourth-order valence-electron chi connectivity index (χ4n) is 3.55. The van der Waals surface area contributed by atoms with Crippen LogP contribution in [0.3, 0.4) is 0 Å². The molecule has 1 heterocycles. The van der Waals surface area contributed by atoms with Crippen LogP contribution < -0.4 is 21.1 Å². The highest BCUT2D eigenvalue weighted by molar-refractivity contribution is 7.13. The van der Waals surface area contributed by atoms with Crippen molar-refractivity contribution in [3.8, 4) is 5.75 Å². The maximum atomic E-state index is 13.1. The number of hydrogen-bond donors (Lipinski definition) is 3. The van der Waals surface area contributed by atoms with E-state index in [1.807, 2.05) is 5.38 Å². The van der Waals surface area contributed by atoms with Crippen LogP contribution in [0.25, 0.3) is 0 Å². The van der Waals surface area contributed by atoms with Gasteiger partial charge in [-0.25, -0.2) is 4.98 Å². The van der Waals surface area contributed by atoms with Crippen LogP contribution in [0.5, 0.6) is 5.75 Å². The molecular formula is C20H26N4O3S. The normalized spacial score (nSPS) is 15.6. The average molecular weight is 403 g/mol. The number of para-hydroxylation sites is 1. The average Bonchev–Trinajstić information content (AvgIpc) is 3.25. The van der Waals surface area contributed by atoms with Crippen molar-refractivity contribution in [2.45, 2.75) is 38.1 Å². The number of carbonyl (C=O) groups is 2. The van der Waals surface area contributed by atoms with Gasteiger partial charge in [0.2, 0.25) is 0 Å². The molecule has 0 bridgehead atoms. The number of aromatic nitrogens is 1. The quantitative estimate of drug-likeness (QED) is 0.586. The molecule has 3 rings (SSSR count). The van der Waals surface area contributed by atoms with Crippen molar-refractivity contribution in [1.29, 1.82) is 0 Å². The molecule has 8 heteroatoms. The monoisotopic (exact) mass is 402 g/mol. The van der Waals surface area contributed by atoms with Gasteiger partial charge in [0.1, 0.15) is 11.8 Å². The molecule has 4 N–H and O–H groups in total. The standard InChI is InChI=1S/C20H26N4O3S/c1-27-16-9-5-8-14(17(16)21)19(26)24-15(12-23-20-22-10-11-28-20)18(25)13-6-3-2-4-7-13/h5,8-11,13,15H,2-4,6-7,12,21H2,1H3,(H,22,23)(H,24,26). The van der Waals surface area contributed by atoms with Crippen LogP contribution in [-0.2, 0) is 4.79 Å². The SMILES string of the molecule is COc1cccc(C(=O)NC(CNc2nccs2)C(=O)C2CCCCC2)c1N. The fraction of sp³-hybridized carbons (Fsp3) is 0.450. The number of nitrogen functional groups attached to an aromatic ring is 1. The van der Waals surface area contributed by atoms with Crippen molar-refractivity contribution in [3.05, 3.63) is 35.3 Å². The third-order valence-electron chi connectivity index (χ3n) is 5.08. The van der Waals surface area contributed by atoms with Gasteiger partial charge in [0.15, 0.2) is 10.9 Å². The summed E-state index contributed by atoms with van der Waals surface area (Å²) < 4.78 is 5.19. The molecule has 1 aromatic heterocycles. The fourth-order valence-corrected chi connectivity index (χ4v) is 4.09. The molecule has 28 heavy (non-hydrogen) atoms. The van der Waals surface area contributed by atoms with E-state index in [0.29, 0.717) is 17.9 Å². The predicted octanol–water partition coefficient (Wildman–Crippen LogP) is 3.09. The molecule has 1 aromatic carbocycles. The summed E-state index contributed by atoms with van der Waals surface area (Å²) in [5.41, 5.74) is 6.61. The number of nitrogens with zero attached hydrogens (tertiary/aromatic N) is 1. The predicted molar refractivity (Wildman–Crippen MR) is 111 cm³/mol. The van der Waals surface area contributed by atoms with Gasteiger partial charge in [0.05, 0.1) is 18.4 Å². The van der Waals surface area contributed by atoms with Gasteiger partial charge in [-0.2, -0.15) is 0 Å². The first-order valence-corrected chi connectivity index (χ1v) is 10.4. The molecule has 0 radical (unpaired) electrons. The number of anilines is 2. The van der Waals surface area contributed by atoms with Gasteiger partial charge in [0.25, 0.3) is 5.91 Å². The van der Waals surface area contributed by atoms with Crippen LogP contribution in [0.15, 0.2) is 29.8 Å². The first-order valence-electron chi connectivity index (χ1n) is 9.50. The van der Waals surface area contributed by atoms with Gasteiger partial charge in [-0.15, -0.1) is 11.3 Å². The minimum Gasteiger partial charge on any atom is -0.495 e. The zero-order valence-corrected chi connectivity index (χ0v) is 16.8. The molecule has 1 aliphatic carbocycles. The van der Waals surface area contributed by atoms with Gasteiger partial charge in [-0.3, -0.25) is 9.59 Å². The maximum absolute atomic E-state index is 13.1. The van der Waals surface area contributed by atoms with Crippen molar-refractivity contribution in [1.82, 2.24) is 10.3 Å². The number of nitrogens with one attached hydrogen (secondary N) is 2. The number of rotatable bonds is 8. The second-order valence-electron chi connectivity index (χ2n) is 6.90. The Hall–Kier alpha value is -2.61. The van der Waals surface area contributed by atoms with Gasteiger partial charge in [-0.1, -0.05) is 25.3 Å². The summed E-state index contributed by atoms with van der Waals surface area (Å²) in [5, 5.41) is 8.61. The Labute approximate surface area is 168 Å². The maximum Gasteiger partial charge on any atom is 0.254 e. The summed E-state index contributed by atoms with van der Waals surface area (Å²) in [6.45, 7) is 0.290. The zero-order chi connectivity index (χ0) is 19.9. The van der Waals surface area contributed by atoms with E-state index in [-0.39, 0.29) is 23.3 Å². The Morgan fingerprint density at radius 3 is 2.79 bits per heavy atom. The molecule has 1 atom stereocenters.